The van der Waals surface area contributed by atoms with Crippen molar-refractivity contribution in [3.63, 3.8) is 0 Å². The Morgan fingerprint density at radius 1 is 1.24 bits per heavy atom. The molecule has 0 amide bonds. The van der Waals surface area contributed by atoms with Gasteiger partial charge in [0.2, 0.25) is 0 Å². The van der Waals surface area contributed by atoms with Gasteiger partial charge in [0.1, 0.15) is 10.4 Å². The van der Waals surface area contributed by atoms with Gasteiger partial charge in [0, 0.05) is 38.2 Å². The molecule has 25 heavy (non-hydrogen) atoms. The van der Waals surface area contributed by atoms with Crippen LogP contribution in [0.5, 0.6) is 0 Å². The number of halogens is 1. The summed E-state index contributed by atoms with van der Waals surface area (Å²) in [5, 5.41) is 0. The van der Waals surface area contributed by atoms with Gasteiger partial charge in [-0.2, -0.15) is 0 Å². The van der Waals surface area contributed by atoms with E-state index in [2.05, 4.69) is 36.9 Å². The average Bonchev–Trinajstić information content (AvgIpc) is 2.65. The second-order valence-electron chi connectivity index (χ2n) is 7.16. The zero-order valence-electron chi connectivity index (χ0n) is 14.3. The second kappa shape index (κ2) is 7.38. The molecule has 4 rings (SSSR count). The van der Waals surface area contributed by atoms with E-state index >= 15 is 0 Å². The van der Waals surface area contributed by atoms with Crippen LogP contribution in [0, 0.1) is 0 Å². The lowest BCUT2D eigenvalue weighted by molar-refractivity contribution is 0.240. The minimum atomic E-state index is 0.0594. The molecule has 1 aliphatic heterocycles. The van der Waals surface area contributed by atoms with Crippen LogP contribution in [-0.2, 0) is 19.5 Å². The largest absolute Gasteiger partial charge is 0.310 e. The van der Waals surface area contributed by atoms with Crippen LogP contribution >= 0.6 is 15.9 Å². The zero-order chi connectivity index (χ0) is 17.2. The lowest BCUT2D eigenvalue weighted by atomic mass is 9.88. The highest BCUT2D eigenvalue weighted by Gasteiger charge is 2.24. The van der Waals surface area contributed by atoms with Crippen LogP contribution in [0.25, 0.3) is 0 Å². The summed E-state index contributed by atoms with van der Waals surface area (Å²) in [5.41, 5.74) is 3.07. The van der Waals surface area contributed by atoms with Gasteiger partial charge < -0.3 is 4.98 Å². The van der Waals surface area contributed by atoms with Crippen LogP contribution < -0.4 is 5.56 Å². The molecule has 2 aromatic rings. The molecule has 2 aromatic heterocycles. The molecule has 0 saturated heterocycles. The summed E-state index contributed by atoms with van der Waals surface area (Å²) >= 11 is 3.36. The first-order chi connectivity index (χ1) is 12.2. The summed E-state index contributed by atoms with van der Waals surface area (Å²) in [7, 11) is 0. The second-order valence-corrected chi connectivity index (χ2v) is 7.97. The first-order valence-electron chi connectivity index (χ1n) is 9.14. The first-order valence-corrected chi connectivity index (χ1v) is 9.93. The van der Waals surface area contributed by atoms with E-state index in [1.165, 1.54) is 19.3 Å². The zero-order valence-corrected chi connectivity index (χ0v) is 15.9. The fourth-order valence-corrected chi connectivity index (χ4v) is 4.20. The van der Waals surface area contributed by atoms with E-state index in [0.29, 0.717) is 12.5 Å². The maximum atomic E-state index is 12.6. The molecule has 0 radical (unpaired) electrons. The molecule has 3 heterocycles. The van der Waals surface area contributed by atoms with E-state index in [-0.39, 0.29) is 5.56 Å². The van der Waals surface area contributed by atoms with Crippen molar-refractivity contribution in [2.75, 3.05) is 6.54 Å². The van der Waals surface area contributed by atoms with Crippen LogP contribution in [0.4, 0.5) is 0 Å². The highest BCUT2D eigenvalue weighted by Crippen LogP contribution is 2.30. The third kappa shape index (κ3) is 3.85. The smallest absolute Gasteiger partial charge is 0.255 e. The molecule has 1 saturated carbocycles. The van der Waals surface area contributed by atoms with Crippen molar-refractivity contribution in [1.82, 2.24) is 19.9 Å². The van der Waals surface area contributed by atoms with Crippen LogP contribution in [0.1, 0.15) is 60.7 Å². The standard InChI is InChI=1S/C19H23BrN4O/c20-17-7-6-13(10-21-17)11-24-9-8-16-15(12-24)19(25)23-18(22-16)14-4-2-1-3-5-14/h6-7,10,14H,1-5,8-9,11-12H2,(H,22,23,25). The van der Waals surface area contributed by atoms with Crippen molar-refractivity contribution < 1.29 is 0 Å². The van der Waals surface area contributed by atoms with Crippen LogP contribution in [0.3, 0.4) is 0 Å². The highest BCUT2D eigenvalue weighted by atomic mass is 79.9. The molecule has 2 aliphatic rings. The van der Waals surface area contributed by atoms with Gasteiger partial charge in [0.05, 0.1) is 11.3 Å². The number of hydrogen-bond donors (Lipinski definition) is 1. The quantitative estimate of drug-likeness (QED) is 0.797. The van der Waals surface area contributed by atoms with Gasteiger partial charge in [-0.25, -0.2) is 9.97 Å². The van der Waals surface area contributed by atoms with E-state index in [4.69, 9.17) is 4.98 Å². The summed E-state index contributed by atoms with van der Waals surface area (Å²) in [6.07, 6.45) is 8.86. The fraction of sp³-hybridized carbons (Fsp3) is 0.526. The monoisotopic (exact) mass is 402 g/mol. The Hall–Kier alpha value is -1.53. The maximum Gasteiger partial charge on any atom is 0.255 e. The molecule has 0 spiro atoms. The number of pyridine rings is 1. The van der Waals surface area contributed by atoms with Crippen molar-refractivity contribution in [2.45, 2.75) is 57.5 Å². The van der Waals surface area contributed by atoms with Gasteiger partial charge in [0.15, 0.2) is 0 Å². The van der Waals surface area contributed by atoms with Crippen LogP contribution in [-0.4, -0.2) is 26.4 Å². The number of hydrogen-bond acceptors (Lipinski definition) is 4. The molecule has 1 fully saturated rings. The molecule has 1 N–H and O–H groups in total. The van der Waals surface area contributed by atoms with Crippen LogP contribution in [0.2, 0.25) is 0 Å². The highest BCUT2D eigenvalue weighted by molar-refractivity contribution is 9.10. The van der Waals surface area contributed by atoms with Gasteiger partial charge in [-0.15, -0.1) is 0 Å². The maximum absolute atomic E-state index is 12.6. The number of H-pyrrole nitrogens is 1. The van der Waals surface area contributed by atoms with Gasteiger partial charge >= 0.3 is 0 Å². The van der Waals surface area contributed by atoms with Gasteiger partial charge in [0.25, 0.3) is 5.56 Å². The van der Waals surface area contributed by atoms with Crippen molar-refractivity contribution >= 4 is 15.9 Å². The third-order valence-corrected chi connectivity index (χ3v) is 5.82. The number of aromatic amines is 1. The molecule has 6 heteroatoms. The number of rotatable bonds is 3. The Morgan fingerprint density at radius 3 is 2.84 bits per heavy atom. The fourth-order valence-electron chi connectivity index (χ4n) is 3.96. The third-order valence-electron chi connectivity index (χ3n) is 5.35. The summed E-state index contributed by atoms with van der Waals surface area (Å²) in [4.78, 5) is 27.1. The van der Waals surface area contributed by atoms with E-state index in [1.807, 2.05) is 12.3 Å². The summed E-state index contributed by atoms with van der Waals surface area (Å²) in [6.45, 7) is 2.41. The topological polar surface area (TPSA) is 61.9 Å². The Kier molecular flexibility index (Phi) is 4.99. The summed E-state index contributed by atoms with van der Waals surface area (Å²) in [5.74, 6) is 1.37. The molecule has 0 aromatic carbocycles. The SMILES string of the molecule is O=c1[nH]c(C2CCCCC2)nc2c1CN(Cc1ccc(Br)nc1)CC2. The van der Waals surface area contributed by atoms with E-state index < -0.39 is 0 Å². The molecule has 0 unspecified atom stereocenters. The number of aromatic nitrogens is 3. The molecule has 132 valence electrons. The molecule has 0 atom stereocenters. The lowest BCUT2D eigenvalue weighted by Crippen LogP contribution is -2.36. The van der Waals surface area contributed by atoms with Gasteiger partial charge in [-0.05, 0) is 40.4 Å². The van der Waals surface area contributed by atoms with Crippen LogP contribution in [0.15, 0.2) is 27.7 Å². The molecule has 0 bridgehead atoms. The summed E-state index contributed by atoms with van der Waals surface area (Å²) < 4.78 is 0.844. The predicted molar refractivity (Wildman–Crippen MR) is 100 cm³/mol. The summed E-state index contributed by atoms with van der Waals surface area (Å²) in [6, 6.07) is 4.03. The van der Waals surface area contributed by atoms with E-state index in [0.717, 1.165) is 59.6 Å². The molecular formula is C19H23BrN4O. The van der Waals surface area contributed by atoms with E-state index in [1.54, 1.807) is 0 Å². The van der Waals surface area contributed by atoms with Crippen molar-refractivity contribution in [3.05, 3.63) is 55.9 Å². The van der Waals surface area contributed by atoms with Crippen molar-refractivity contribution in [3.8, 4) is 0 Å². The van der Waals surface area contributed by atoms with Crippen molar-refractivity contribution in [2.24, 2.45) is 0 Å². The number of fused-ring (bicyclic) bond motifs is 1. The number of nitrogens with one attached hydrogen (secondary N) is 1. The van der Waals surface area contributed by atoms with Gasteiger partial charge in [-0.3, -0.25) is 9.69 Å². The minimum Gasteiger partial charge on any atom is -0.310 e. The molecular weight excluding hydrogens is 380 g/mol. The number of nitrogens with zero attached hydrogens (tertiary/aromatic N) is 3. The minimum absolute atomic E-state index is 0.0594. The Labute approximate surface area is 156 Å². The first kappa shape index (κ1) is 16.9. The van der Waals surface area contributed by atoms with Crippen molar-refractivity contribution in [1.29, 1.82) is 0 Å². The Morgan fingerprint density at radius 2 is 2.08 bits per heavy atom. The van der Waals surface area contributed by atoms with Gasteiger partial charge in [-0.1, -0.05) is 25.3 Å². The normalized spacial score (nSPS) is 18.9. The molecule has 1 aliphatic carbocycles. The predicted octanol–water partition coefficient (Wildman–Crippen LogP) is 3.53. The van der Waals surface area contributed by atoms with E-state index in [9.17, 15) is 4.79 Å². The Bertz CT molecular complexity index is 796. The average molecular weight is 403 g/mol. The lowest BCUT2D eigenvalue weighted by Gasteiger charge is -2.28. The Balaban J connectivity index is 1.51. The molecule has 5 nitrogen and oxygen atoms in total.